The number of para-hydroxylation sites is 1. The van der Waals surface area contributed by atoms with E-state index in [0.29, 0.717) is 9.76 Å². The van der Waals surface area contributed by atoms with E-state index in [1.54, 1.807) is 6.07 Å². The zero-order valence-corrected chi connectivity index (χ0v) is 8.70. The molecule has 0 spiro atoms. The molecule has 2 rings (SSSR count). The standard InChI is InChI=1S/C7H4BrClN4/c8-7-10-11-12-13(7)6-4-2-1-3-5(6)9/h1-4H. The number of rotatable bonds is 1. The Morgan fingerprint density at radius 3 is 2.69 bits per heavy atom. The second kappa shape index (κ2) is 3.43. The Bertz CT molecular complexity index is 428. The minimum Gasteiger partial charge on any atom is -0.186 e. The lowest BCUT2D eigenvalue weighted by Gasteiger charge is -2.01. The summed E-state index contributed by atoms with van der Waals surface area (Å²) in [5, 5.41) is 11.6. The molecule has 0 atom stereocenters. The van der Waals surface area contributed by atoms with Crippen LogP contribution in [0.1, 0.15) is 0 Å². The molecule has 0 aliphatic carbocycles. The lowest BCUT2D eigenvalue weighted by molar-refractivity contribution is 0.783. The average Bonchev–Trinajstić information content (AvgIpc) is 2.52. The first-order valence-electron chi connectivity index (χ1n) is 3.48. The van der Waals surface area contributed by atoms with E-state index in [-0.39, 0.29) is 0 Å². The van der Waals surface area contributed by atoms with Crippen LogP contribution >= 0.6 is 27.5 Å². The van der Waals surface area contributed by atoms with Crippen molar-refractivity contribution < 1.29 is 0 Å². The van der Waals surface area contributed by atoms with Gasteiger partial charge in [-0.2, -0.15) is 4.68 Å². The van der Waals surface area contributed by atoms with Crippen molar-refractivity contribution in [1.29, 1.82) is 0 Å². The fourth-order valence-corrected chi connectivity index (χ4v) is 1.50. The van der Waals surface area contributed by atoms with Gasteiger partial charge in [0.25, 0.3) is 0 Å². The molecule has 13 heavy (non-hydrogen) atoms. The van der Waals surface area contributed by atoms with Crippen molar-refractivity contribution in [2.24, 2.45) is 0 Å². The summed E-state index contributed by atoms with van der Waals surface area (Å²) < 4.78 is 2.04. The second-order valence-electron chi connectivity index (χ2n) is 2.31. The quantitative estimate of drug-likeness (QED) is 0.787. The molecule has 2 aromatic rings. The highest BCUT2D eigenvalue weighted by Crippen LogP contribution is 2.20. The monoisotopic (exact) mass is 258 g/mol. The van der Waals surface area contributed by atoms with Crippen LogP contribution in [-0.2, 0) is 0 Å². The average molecular weight is 259 g/mol. The van der Waals surface area contributed by atoms with Gasteiger partial charge < -0.3 is 0 Å². The van der Waals surface area contributed by atoms with Gasteiger partial charge in [0.2, 0.25) is 4.73 Å². The van der Waals surface area contributed by atoms with E-state index < -0.39 is 0 Å². The number of tetrazole rings is 1. The highest BCUT2D eigenvalue weighted by Gasteiger charge is 2.07. The van der Waals surface area contributed by atoms with E-state index in [9.17, 15) is 0 Å². The number of nitrogens with zero attached hydrogens (tertiary/aromatic N) is 4. The van der Waals surface area contributed by atoms with Crippen molar-refractivity contribution in [3.63, 3.8) is 0 Å². The maximum Gasteiger partial charge on any atom is 0.222 e. The zero-order valence-electron chi connectivity index (χ0n) is 6.35. The van der Waals surface area contributed by atoms with E-state index in [1.807, 2.05) is 18.2 Å². The SMILES string of the molecule is Clc1ccccc1-n1nnnc1Br. The third-order valence-electron chi connectivity index (χ3n) is 1.51. The van der Waals surface area contributed by atoms with Crippen LogP contribution in [-0.4, -0.2) is 20.2 Å². The number of halogens is 2. The molecule has 0 fully saturated rings. The van der Waals surface area contributed by atoms with Gasteiger partial charge in [-0.15, -0.1) is 5.10 Å². The van der Waals surface area contributed by atoms with E-state index >= 15 is 0 Å². The molecule has 0 unspecified atom stereocenters. The summed E-state index contributed by atoms with van der Waals surface area (Å²) in [5.74, 6) is 0. The van der Waals surface area contributed by atoms with Crippen LogP contribution in [0.5, 0.6) is 0 Å². The highest BCUT2D eigenvalue weighted by molar-refractivity contribution is 9.10. The molecule has 0 radical (unpaired) electrons. The minimum absolute atomic E-state index is 0.528. The second-order valence-corrected chi connectivity index (χ2v) is 3.43. The van der Waals surface area contributed by atoms with Gasteiger partial charge in [0, 0.05) is 0 Å². The molecule has 0 bridgehead atoms. The lowest BCUT2D eigenvalue weighted by atomic mass is 10.3. The Balaban J connectivity index is 2.59. The fourth-order valence-electron chi connectivity index (χ4n) is 0.947. The molecule has 0 saturated heterocycles. The molecule has 0 aliphatic rings. The minimum atomic E-state index is 0.528. The van der Waals surface area contributed by atoms with Crippen LogP contribution in [0, 0.1) is 0 Å². The van der Waals surface area contributed by atoms with E-state index in [0.717, 1.165) is 5.69 Å². The van der Waals surface area contributed by atoms with Crippen LogP contribution in [0.3, 0.4) is 0 Å². The van der Waals surface area contributed by atoms with Crippen LogP contribution in [0.15, 0.2) is 29.0 Å². The fraction of sp³-hybridized carbons (Fsp3) is 0. The van der Waals surface area contributed by atoms with Gasteiger partial charge in [0.15, 0.2) is 0 Å². The first-order chi connectivity index (χ1) is 6.29. The topological polar surface area (TPSA) is 43.6 Å². The molecule has 66 valence electrons. The van der Waals surface area contributed by atoms with Gasteiger partial charge in [-0.25, -0.2) is 0 Å². The first-order valence-corrected chi connectivity index (χ1v) is 4.65. The summed E-state index contributed by atoms with van der Waals surface area (Å²) in [4.78, 5) is 0. The maximum atomic E-state index is 5.95. The molecule has 0 saturated carbocycles. The summed E-state index contributed by atoms with van der Waals surface area (Å²) >= 11 is 9.16. The Morgan fingerprint density at radius 1 is 1.31 bits per heavy atom. The third kappa shape index (κ3) is 1.57. The first kappa shape index (κ1) is 8.65. The molecule has 1 heterocycles. The van der Waals surface area contributed by atoms with Gasteiger partial charge in [-0.05, 0) is 38.5 Å². The largest absolute Gasteiger partial charge is 0.222 e. The van der Waals surface area contributed by atoms with Gasteiger partial charge in [-0.1, -0.05) is 23.7 Å². The number of aromatic nitrogens is 4. The summed E-state index contributed by atoms with van der Waals surface area (Å²) in [6.07, 6.45) is 0. The van der Waals surface area contributed by atoms with Crippen LogP contribution in [0.2, 0.25) is 5.02 Å². The Kier molecular flexibility index (Phi) is 2.28. The van der Waals surface area contributed by atoms with E-state index in [1.165, 1.54) is 4.68 Å². The molecule has 1 aromatic carbocycles. The summed E-state index contributed by atoms with van der Waals surface area (Å²) in [6.45, 7) is 0. The molecular weight excluding hydrogens is 255 g/mol. The molecule has 0 N–H and O–H groups in total. The van der Waals surface area contributed by atoms with Crippen molar-refractivity contribution in [1.82, 2.24) is 20.2 Å². The Hall–Kier alpha value is -0.940. The van der Waals surface area contributed by atoms with E-state index in [4.69, 9.17) is 11.6 Å². The predicted molar refractivity (Wildman–Crippen MR) is 51.9 cm³/mol. The third-order valence-corrected chi connectivity index (χ3v) is 2.33. The van der Waals surface area contributed by atoms with Gasteiger partial charge in [0.05, 0.1) is 10.7 Å². The predicted octanol–water partition coefficient (Wildman–Crippen LogP) is 2.08. The van der Waals surface area contributed by atoms with Crippen molar-refractivity contribution in [2.75, 3.05) is 0 Å². The molecule has 0 amide bonds. The summed E-state index contributed by atoms with van der Waals surface area (Å²) in [5.41, 5.74) is 0.751. The molecule has 0 aliphatic heterocycles. The van der Waals surface area contributed by atoms with Crippen molar-refractivity contribution in [3.05, 3.63) is 34.0 Å². The number of benzene rings is 1. The van der Waals surface area contributed by atoms with Crippen LogP contribution in [0.4, 0.5) is 0 Å². The summed E-state index contributed by atoms with van der Waals surface area (Å²) in [6, 6.07) is 7.34. The van der Waals surface area contributed by atoms with Gasteiger partial charge in [-0.3, -0.25) is 0 Å². The van der Waals surface area contributed by atoms with Crippen LogP contribution < -0.4 is 0 Å². The van der Waals surface area contributed by atoms with E-state index in [2.05, 4.69) is 31.5 Å². The smallest absolute Gasteiger partial charge is 0.186 e. The zero-order chi connectivity index (χ0) is 9.26. The van der Waals surface area contributed by atoms with Crippen LogP contribution in [0.25, 0.3) is 5.69 Å². The van der Waals surface area contributed by atoms with Gasteiger partial charge in [0.1, 0.15) is 0 Å². The normalized spacial score (nSPS) is 10.3. The summed E-state index contributed by atoms with van der Waals surface area (Å²) in [7, 11) is 0. The molecular formula is C7H4BrClN4. The molecule has 1 aromatic heterocycles. The lowest BCUT2D eigenvalue weighted by Crippen LogP contribution is -1.97. The maximum absolute atomic E-state index is 5.95. The number of hydrogen-bond donors (Lipinski definition) is 0. The molecule has 4 nitrogen and oxygen atoms in total. The van der Waals surface area contributed by atoms with Crippen molar-refractivity contribution in [3.8, 4) is 5.69 Å². The number of hydrogen-bond acceptors (Lipinski definition) is 3. The Labute approximate surface area is 87.6 Å². The Morgan fingerprint density at radius 2 is 2.08 bits per heavy atom. The van der Waals surface area contributed by atoms with Gasteiger partial charge >= 0.3 is 0 Å². The molecule has 6 heteroatoms. The highest BCUT2D eigenvalue weighted by atomic mass is 79.9. The van der Waals surface area contributed by atoms with Crippen molar-refractivity contribution >= 4 is 27.5 Å². The van der Waals surface area contributed by atoms with Crippen molar-refractivity contribution in [2.45, 2.75) is 0 Å².